The van der Waals surface area contributed by atoms with Crippen LogP contribution in [0.2, 0.25) is 5.02 Å². The van der Waals surface area contributed by atoms with Gasteiger partial charge in [0.25, 0.3) is 5.56 Å². The Morgan fingerprint density at radius 1 is 1.06 bits per heavy atom. The summed E-state index contributed by atoms with van der Waals surface area (Å²) in [6, 6.07) is 7.91. The van der Waals surface area contributed by atoms with Crippen molar-refractivity contribution >= 4 is 38.8 Å². The number of rotatable bonds is 4. The highest BCUT2D eigenvalue weighted by Crippen LogP contribution is 2.31. The van der Waals surface area contributed by atoms with Crippen molar-refractivity contribution in [2.75, 3.05) is 51.2 Å². The molecule has 0 unspecified atom stereocenters. The molecule has 31 heavy (non-hydrogen) atoms. The lowest BCUT2D eigenvalue weighted by Crippen LogP contribution is -2.48. The van der Waals surface area contributed by atoms with E-state index in [9.17, 15) is 9.59 Å². The molecule has 2 aliphatic rings. The third-order valence-electron chi connectivity index (χ3n) is 6.38. The minimum absolute atomic E-state index is 0.143. The van der Waals surface area contributed by atoms with E-state index < -0.39 is 0 Å². The molecule has 0 bridgehead atoms. The van der Waals surface area contributed by atoms with Gasteiger partial charge < -0.3 is 9.80 Å². The summed E-state index contributed by atoms with van der Waals surface area (Å²) in [5, 5.41) is 1.49. The zero-order valence-corrected chi connectivity index (χ0v) is 19.1. The number of hydrogen-bond acceptors (Lipinski definition) is 6. The predicted molar refractivity (Wildman–Crippen MR) is 127 cm³/mol. The van der Waals surface area contributed by atoms with Crippen LogP contribution in [0.5, 0.6) is 0 Å². The van der Waals surface area contributed by atoms with E-state index in [1.165, 1.54) is 9.44 Å². The van der Waals surface area contributed by atoms with Gasteiger partial charge in [-0.05, 0) is 31.2 Å². The van der Waals surface area contributed by atoms with Crippen molar-refractivity contribution in [3.8, 4) is 0 Å². The van der Waals surface area contributed by atoms with Crippen LogP contribution in [0.3, 0.4) is 0 Å². The van der Waals surface area contributed by atoms with Crippen molar-refractivity contribution in [3.63, 3.8) is 0 Å². The summed E-state index contributed by atoms with van der Waals surface area (Å²) in [6.07, 6.45) is 0.858. The van der Waals surface area contributed by atoms with Gasteiger partial charge in [0, 0.05) is 57.2 Å². The summed E-state index contributed by atoms with van der Waals surface area (Å²) in [4.78, 5) is 37.6. The average molecular weight is 460 g/mol. The maximum atomic E-state index is 13.2. The molecule has 164 valence electrons. The molecule has 2 aliphatic heterocycles. The Kier molecular flexibility index (Phi) is 5.64. The Morgan fingerprint density at radius 2 is 1.84 bits per heavy atom. The number of aromatic nitrogens is 2. The number of aromatic amines is 1. The smallest absolute Gasteiger partial charge is 0.329 e. The number of nitrogens with one attached hydrogen (secondary N) is 1. The molecule has 7 nitrogen and oxygen atoms in total. The first kappa shape index (κ1) is 20.8. The highest BCUT2D eigenvalue weighted by Gasteiger charge is 2.23. The second-order valence-corrected chi connectivity index (χ2v) is 9.88. The number of halogens is 1. The summed E-state index contributed by atoms with van der Waals surface area (Å²) in [7, 11) is 2.08. The third kappa shape index (κ3) is 3.93. The van der Waals surface area contributed by atoms with Gasteiger partial charge in [-0.3, -0.25) is 19.2 Å². The molecule has 5 rings (SSSR count). The molecule has 1 N–H and O–H groups in total. The molecule has 0 spiro atoms. The van der Waals surface area contributed by atoms with Gasteiger partial charge in [0.05, 0.1) is 16.1 Å². The third-order valence-corrected chi connectivity index (χ3v) is 7.83. The van der Waals surface area contributed by atoms with E-state index in [-0.39, 0.29) is 11.2 Å². The monoisotopic (exact) mass is 459 g/mol. The zero-order chi connectivity index (χ0) is 21.5. The van der Waals surface area contributed by atoms with E-state index in [2.05, 4.69) is 26.7 Å². The van der Waals surface area contributed by atoms with Gasteiger partial charge in [-0.15, -0.1) is 11.3 Å². The van der Waals surface area contributed by atoms with Crippen LogP contribution in [0, 0.1) is 0 Å². The van der Waals surface area contributed by atoms with Crippen molar-refractivity contribution in [2.45, 2.75) is 19.5 Å². The number of piperazine rings is 1. The van der Waals surface area contributed by atoms with Crippen molar-refractivity contribution in [1.82, 2.24) is 19.4 Å². The van der Waals surface area contributed by atoms with E-state index in [0.29, 0.717) is 13.1 Å². The number of hydrogen-bond donors (Lipinski definition) is 1. The van der Waals surface area contributed by atoms with Crippen LogP contribution in [0.25, 0.3) is 10.2 Å². The highest BCUT2D eigenvalue weighted by atomic mass is 35.5. The highest BCUT2D eigenvalue weighted by molar-refractivity contribution is 7.18. The Labute approximate surface area is 189 Å². The Morgan fingerprint density at radius 3 is 2.61 bits per heavy atom. The first-order valence-electron chi connectivity index (χ1n) is 10.7. The quantitative estimate of drug-likeness (QED) is 0.648. The molecule has 1 saturated heterocycles. The van der Waals surface area contributed by atoms with Gasteiger partial charge in [-0.1, -0.05) is 23.7 Å². The van der Waals surface area contributed by atoms with Gasteiger partial charge in [-0.2, -0.15) is 0 Å². The molecule has 1 aromatic carbocycles. The zero-order valence-electron chi connectivity index (χ0n) is 17.6. The molecule has 0 radical (unpaired) electrons. The van der Waals surface area contributed by atoms with Crippen molar-refractivity contribution in [3.05, 3.63) is 60.6 Å². The summed E-state index contributed by atoms with van der Waals surface area (Å²) in [5.41, 5.74) is 1.74. The average Bonchev–Trinajstić information content (AvgIpc) is 3.11. The van der Waals surface area contributed by atoms with E-state index in [4.69, 9.17) is 11.6 Å². The molecular formula is C22H26ClN5O2S. The second-order valence-electron chi connectivity index (χ2n) is 8.36. The first-order valence-corrected chi connectivity index (χ1v) is 11.9. The van der Waals surface area contributed by atoms with Crippen LogP contribution < -0.4 is 16.1 Å². The van der Waals surface area contributed by atoms with E-state index >= 15 is 0 Å². The molecule has 9 heteroatoms. The van der Waals surface area contributed by atoms with Gasteiger partial charge in [0.2, 0.25) is 0 Å². The number of H-pyrrole nitrogens is 1. The Bertz CT molecular complexity index is 1220. The lowest BCUT2D eigenvalue weighted by atomic mass is 10.1. The number of thiophene rings is 1. The van der Waals surface area contributed by atoms with Crippen LogP contribution >= 0.6 is 22.9 Å². The van der Waals surface area contributed by atoms with Crippen molar-refractivity contribution in [2.24, 2.45) is 0 Å². The minimum atomic E-state index is -0.306. The van der Waals surface area contributed by atoms with E-state index in [0.717, 1.165) is 72.2 Å². The number of likely N-dealkylation sites (N-methyl/N-ethyl adjacent to an activating group) is 1. The molecule has 0 aliphatic carbocycles. The molecule has 4 heterocycles. The van der Waals surface area contributed by atoms with Crippen LogP contribution in [-0.2, 0) is 19.5 Å². The number of para-hydroxylation sites is 1. The molecular weight excluding hydrogens is 434 g/mol. The fraction of sp³-hybridized carbons (Fsp3) is 0.455. The lowest BCUT2D eigenvalue weighted by molar-refractivity contribution is 0.246. The minimum Gasteiger partial charge on any atom is -0.368 e. The Hall–Kier alpha value is -2.13. The summed E-state index contributed by atoms with van der Waals surface area (Å²) in [5.74, 6) is 0. The van der Waals surface area contributed by atoms with Gasteiger partial charge >= 0.3 is 5.69 Å². The van der Waals surface area contributed by atoms with Crippen molar-refractivity contribution in [1.29, 1.82) is 0 Å². The largest absolute Gasteiger partial charge is 0.368 e. The van der Waals surface area contributed by atoms with Crippen LogP contribution in [-0.4, -0.2) is 65.7 Å². The molecule has 1 fully saturated rings. The fourth-order valence-electron chi connectivity index (χ4n) is 4.60. The number of fused-ring (bicyclic) bond motifs is 3. The second kappa shape index (κ2) is 8.43. The molecule has 0 atom stereocenters. The maximum Gasteiger partial charge on any atom is 0.329 e. The normalized spacial score (nSPS) is 17.9. The van der Waals surface area contributed by atoms with Crippen LogP contribution in [0.4, 0.5) is 5.69 Å². The Balaban J connectivity index is 1.30. The maximum absolute atomic E-state index is 13.2. The van der Waals surface area contributed by atoms with E-state index in [1.54, 1.807) is 11.3 Å². The SMILES string of the molecule is CN1CCc2c(sc3[nH]c(=O)n(CCN4CCN(c5ccccc5Cl)CC4)c(=O)c23)C1. The van der Waals surface area contributed by atoms with Crippen LogP contribution in [0.1, 0.15) is 10.4 Å². The van der Waals surface area contributed by atoms with Crippen LogP contribution in [0.15, 0.2) is 33.9 Å². The standard InChI is InChI=1S/C22H26ClN5O2S/c1-25-7-6-15-18(14-25)31-20-19(15)21(29)28(22(30)24-20)13-10-26-8-11-27(12-9-26)17-5-3-2-4-16(17)23/h2-5H,6-14H2,1H3,(H,24,30). The van der Waals surface area contributed by atoms with Gasteiger partial charge in [-0.25, -0.2) is 4.79 Å². The predicted octanol–water partition coefficient (Wildman–Crippen LogP) is 2.21. The molecule has 0 amide bonds. The molecule has 2 aromatic heterocycles. The summed E-state index contributed by atoms with van der Waals surface area (Å²) in [6.45, 7) is 6.36. The number of benzene rings is 1. The lowest BCUT2D eigenvalue weighted by Gasteiger charge is -2.36. The summed E-state index contributed by atoms with van der Waals surface area (Å²) >= 11 is 7.88. The van der Waals surface area contributed by atoms with Gasteiger partial charge in [0.1, 0.15) is 4.83 Å². The van der Waals surface area contributed by atoms with Crippen molar-refractivity contribution < 1.29 is 0 Å². The molecule has 3 aromatic rings. The first-order chi connectivity index (χ1) is 15.0. The number of nitrogens with zero attached hydrogens (tertiary/aromatic N) is 4. The molecule has 0 saturated carbocycles. The summed E-state index contributed by atoms with van der Waals surface area (Å²) < 4.78 is 1.38. The van der Waals surface area contributed by atoms with Gasteiger partial charge in [0.15, 0.2) is 0 Å². The topological polar surface area (TPSA) is 64.6 Å². The van der Waals surface area contributed by atoms with E-state index in [1.807, 2.05) is 24.3 Å². The fourth-order valence-corrected chi connectivity index (χ4v) is 6.17. The number of anilines is 1.